The van der Waals surface area contributed by atoms with Gasteiger partial charge in [0.05, 0.1) is 34.4 Å². The molecule has 4 saturated heterocycles. The van der Waals surface area contributed by atoms with Gasteiger partial charge in [-0.1, -0.05) is 11.6 Å². The summed E-state index contributed by atoms with van der Waals surface area (Å²) in [7, 11) is 2.22. The average molecular weight is 736 g/mol. The van der Waals surface area contributed by atoms with Crippen LogP contribution in [0, 0.1) is 5.92 Å². The molecule has 10 nitrogen and oxygen atoms in total. The zero-order chi connectivity index (χ0) is 35.3. The SMILES string of the molecule is CN1C2CCC1CC(N1CCN(C(=O)[C@H](CC(=O)N3CCC(N4Cc5cscc5NC4=O)CC3)Cc3cc(Cl)c(N)c(C(F)(F)F)c3)CC1)C2. The molecule has 0 spiro atoms. The van der Waals surface area contributed by atoms with Crippen molar-refractivity contribution in [3.63, 3.8) is 0 Å². The van der Waals surface area contributed by atoms with Crippen molar-refractivity contribution in [3.05, 3.63) is 44.6 Å². The first kappa shape index (κ1) is 35.3. The van der Waals surface area contributed by atoms with Crippen LogP contribution in [0.1, 0.15) is 61.6 Å². The minimum absolute atomic E-state index is 0.0294. The molecule has 3 N–H and O–H groups in total. The number of amides is 4. The number of piperazine rings is 1. The van der Waals surface area contributed by atoms with Gasteiger partial charge in [0.1, 0.15) is 0 Å². The molecule has 0 aliphatic carbocycles. The zero-order valence-electron chi connectivity index (χ0n) is 28.3. The van der Waals surface area contributed by atoms with E-state index in [1.807, 2.05) is 15.7 Å². The summed E-state index contributed by atoms with van der Waals surface area (Å²) in [6, 6.07) is 3.86. The lowest BCUT2D eigenvalue weighted by Crippen LogP contribution is -2.56. The molecule has 0 radical (unpaired) electrons. The van der Waals surface area contributed by atoms with Crippen LogP contribution in [0.5, 0.6) is 0 Å². The van der Waals surface area contributed by atoms with Gasteiger partial charge in [0.15, 0.2) is 0 Å². The van der Waals surface area contributed by atoms with Crippen LogP contribution in [0.25, 0.3) is 0 Å². The molecular formula is C35H45ClF3N7O3S. The third-order valence-corrected chi connectivity index (χ3v) is 12.9. The Hall–Kier alpha value is -3.07. The maximum absolute atomic E-state index is 14.2. The lowest BCUT2D eigenvalue weighted by Gasteiger charge is -2.45. The second-order valence-electron chi connectivity index (χ2n) is 14.7. The fraction of sp³-hybridized carbons (Fsp3) is 0.629. The molecule has 2 aromatic rings. The number of halogens is 4. The van der Waals surface area contributed by atoms with Crippen molar-refractivity contribution < 1.29 is 27.6 Å². The van der Waals surface area contributed by atoms with Crippen molar-refractivity contribution in [2.24, 2.45) is 5.92 Å². The Morgan fingerprint density at radius 2 is 1.64 bits per heavy atom. The fourth-order valence-electron chi connectivity index (χ4n) is 8.86. The lowest BCUT2D eigenvalue weighted by atomic mass is 9.91. The molecule has 1 aromatic heterocycles. The molecular weight excluding hydrogens is 691 g/mol. The number of carbonyl (C=O) groups is 3. The number of anilines is 2. The lowest BCUT2D eigenvalue weighted by molar-refractivity contribution is -0.143. The van der Waals surface area contributed by atoms with Crippen LogP contribution in [-0.2, 0) is 28.7 Å². The molecule has 50 heavy (non-hydrogen) atoms. The third kappa shape index (κ3) is 7.18. The fourth-order valence-corrected chi connectivity index (χ4v) is 9.89. The van der Waals surface area contributed by atoms with E-state index in [2.05, 4.69) is 22.2 Å². The molecule has 6 heterocycles. The van der Waals surface area contributed by atoms with Crippen LogP contribution in [-0.4, -0.2) is 113 Å². The second-order valence-corrected chi connectivity index (χ2v) is 15.8. The average Bonchev–Trinajstić information content (AvgIpc) is 3.61. The van der Waals surface area contributed by atoms with Crippen molar-refractivity contribution in [1.82, 2.24) is 24.5 Å². The summed E-state index contributed by atoms with van der Waals surface area (Å²) in [6.45, 7) is 3.86. The minimum atomic E-state index is -4.72. The van der Waals surface area contributed by atoms with Gasteiger partial charge in [-0.3, -0.25) is 14.5 Å². The van der Waals surface area contributed by atoms with Crippen molar-refractivity contribution >= 4 is 52.2 Å². The molecule has 7 rings (SSSR count). The monoisotopic (exact) mass is 735 g/mol. The van der Waals surface area contributed by atoms with Crippen LogP contribution in [0.2, 0.25) is 5.02 Å². The van der Waals surface area contributed by atoms with E-state index in [0.717, 1.165) is 43.2 Å². The highest BCUT2D eigenvalue weighted by Gasteiger charge is 2.42. The zero-order valence-corrected chi connectivity index (χ0v) is 29.8. The number of alkyl halides is 3. The smallest absolute Gasteiger partial charge is 0.397 e. The van der Waals surface area contributed by atoms with E-state index in [1.165, 1.54) is 18.9 Å². The normalized spacial score (nSPS) is 25.8. The number of carbonyl (C=O) groups excluding carboxylic acids is 3. The van der Waals surface area contributed by atoms with Crippen molar-refractivity contribution in [2.75, 3.05) is 57.4 Å². The Labute approximate surface area is 299 Å². The number of piperidine rings is 2. The Morgan fingerprint density at radius 1 is 0.960 bits per heavy atom. The van der Waals surface area contributed by atoms with E-state index < -0.39 is 23.3 Å². The first-order valence-corrected chi connectivity index (χ1v) is 19.0. The molecule has 4 amide bonds. The number of urea groups is 1. The van der Waals surface area contributed by atoms with Gasteiger partial charge >= 0.3 is 12.2 Å². The van der Waals surface area contributed by atoms with Gasteiger partial charge in [-0.2, -0.15) is 13.2 Å². The largest absolute Gasteiger partial charge is 0.418 e. The van der Waals surface area contributed by atoms with Crippen molar-refractivity contribution in [3.8, 4) is 0 Å². The number of rotatable bonds is 7. The van der Waals surface area contributed by atoms with E-state index in [0.29, 0.717) is 63.7 Å². The summed E-state index contributed by atoms with van der Waals surface area (Å²) in [5.74, 6) is -1.31. The van der Waals surface area contributed by atoms with E-state index in [4.69, 9.17) is 17.3 Å². The molecule has 1 aromatic carbocycles. The Balaban J connectivity index is 1.02. The number of benzene rings is 1. The molecule has 4 fully saturated rings. The molecule has 3 atom stereocenters. The van der Waals surface area contributed by atoms with Gasteiger partial charge in [-0.05, 0) is 75.1 Å². The number of hydrogen-bond acceptors (Lipinski definition) is 7. The van der Waals surface area contributed by atoms with E-state index in [9.17, 15) is 27.6 Å². The van der Waals surface area contributed by atoms with Gasteiger partial charge in [0.2, 0.25) is 11.8 Å². The second kappa shape index (κ2) is 14.2. The Bertz CT molecular complexity index is 1590. The van der Waals surface area contributed by atoms with E-state index >= 15 is 0 Å². The topological polar surface area (TPSA) is 105 Å². The highest BCUT2D eigenvalue weighted by molar-refractivity contribution is 7.08. The summed E-state index contributed by atoms with van der Waals surface area (Å²) >= 11 is 7.70. The summed E-state index contributed by atoms with van der Waals surface area (Å²) in [5, 5.41) is 6.67. The summed E-state index contributed by atoms with van der Waals surface area (Å²) in [4.78, 5) is 51.1. The summed E-state index contributed by atoms with van der Waals surface area (Å²) in [5.41, 5.74) is 6.23. The number of nitrogens with one attached hydrogen (secondary N) is 1. The number of hydrogen-bond donors (Lipinski definition) is 2. The van der Waals surface area contributed by atoms with Crippen LogP contribution < -0.4 is 11.1 Å². The number of nitrogens with zero attached hydrogens (tertiary/aromatic N) is 5. The van der Waals surface area contributed by atoms with Crippen molar-refractivity contribution in [1.29, 1.82) is 0 Å². The minimum Gasteiger partial charge on any atom is -0.397 e. The number of thiophene rings is 1. The Morgan fingerprint density at radius 3 is 2.30 bits per heavy atom. The number of fused-ring (bicyclic) bond motifs is 3. The number of nitrogen functional groups attached to an aromatic ring is 1. The van der Waals surface area contributed by atoms with Gasteiger partial charge in [0, 0.05) is 80.8 Å². The molecule has 5 aliphatic heterocycles. The van der Waals surface area contributed by atoms with Crippen LogP contribution in [0.3, 0.4) is 0 Å². The first-order valence-electron chi connectivity index (χ1n) is 17.7. The first-order chi connectivity index (χ1) is 23.9. The standard InChI is InChI=1S/C35H45ClF3N7O3S/c1-42-25-2-3-26(42)17-27(16-25)43-8-10-45(11-9-43)33(48)22(12-21-13-28(35(37,38)39)32(40)29(36)14-21)15-31(47)44-6-4-24(5-7-44)46-18-23-19-50-20-30(23)41-34(46)49/h13-14,19-20,22,24-27H,2-12,15-18,40H2,1H3,(H,41,49)/t22-,25?,26?,27?/m0/s1. The summed E-state index contributed by atoms with van der Waals surface area (Å²) < 4.78 is 41.5. The predicted octanol–water partition coefficient (Wildman–Crippen LogP) is 5.36. The van der Waals surface area contributed by atoms with Crippen molar-refractivity contribution in [2.45, 2.75) is 88.3 Å². The number of likely N-dealkylation sites (tertiary alicyclic amines) is 1. The highest BCUT2D eigenvalue weighted by atomic mass is 35.5. The van der Waals surface area contributed by atoms with E-state index in [-0.39, 0.29) is 47.3 Å². The van der Waals surface area contributed by atoms with Gasteiger partial charge in [-0.25, -0.2) is 4.79 Å². The molecule has 0 saturated carbocycles. The summed E-state index contributed by atoms with van der Waals surface area (Å²) in [6.07, 6.45) is 1.01. The quantitative estimate of drug-likeness (QED) is 0.372. The number of nitrogens with two attached hydrogens (primary N) is 1. The van der Waals surface area contributed by atoms with Crippen LogP contribution >= 0.6 is 22.9 Å². The van der Waals surface area contributed by atoms with Crippen LogP contribution in [0.15, 0.2) is 22.9 Å². The predicted molar refractivity (Wildman–Crippen MR) is 187 cm³/mol. The molecule has 5 aliphatic rings. The highest BCUT2D eigenvalue weighted by Crippen LogP contribution is 2.39. The molecule has 2 bridgehead atoms. The molecule has 272 valence electrons. The molecule has 2 unspecified atom stereocenters. The van der Waals surface area contributed by atoms with Gasteiger partial charge < -0.3 is 30.7 Å². The van der Waals surface area contributed by atoms with Gasteiger partial charge in [0.25, 0.3) is 0 Å². The van der Waals surface area contributed by atoms with Gasteiger partial charge in [-0.15, -0.1) is 11.3 Å². The van der Waals surface area contributed by atoms with E-state index in [1.54, 1.807) is 21.1 Å². The maximum atomic E-state index is 14.2. The van der Waals surface area contributed by atoms with Crippen LogP contribution in [0.4, 0.5) is 29.3 Å². The Kier molecular flexibility index (Phi) is 10.0. The third-order valence-electron chi connectivity index (χ3n) is 11.8. The maximum Gasteiger partial charge on any atom is 0.418 e. The molecule has 15 heteroatoms.